The Kier molecular flexibility index (Phi) is 6.70. The van der Waals surface area contributed by atoms with Crippen LogP contribution in [0.2, 0.25) is 0 Å². The molecule has 212 valence electrons. The Bertz CT molecular complexity index is 1890. The van der Waals surface area contributed by atoms with Crippen molar-refractivity contribution in [2.24, 2.45) is 7.05 Å². The van der Waals surface area contributed by atoms with Gasteiger partial charge in [-0.15, -0.1) is 11.7 Å². The topological polar surface area (TPSA) is 111 Å². The van der Waals surface area contributed by atoms with E-state index < -0.39 is 0 Å². The van der Waals surface area contributed by atoms with Gasteiger partial charge in [0, 0.05) is 62.8 Å². The highest BCUT2D eigenvalue weighted by Crippen LogP contribution is 2.32. The molecule has 1 aliphatic heterocycles. The predicted octanol–water partition coefficient (Wildman–Crippen LogP) is 2.89. The standard InChI is InChI=1S/C29H34N10O2/c1-6-11-37-28(41)22-17-30-29(32-27(22)39(37)25-9-10-26(40)38(33-25)19(2)3)31-20-7-8-21-23(16-20)35(5)18-24(21)36-14-12-34(4)13-15-36/h6-10,16-19H,1,11-15H2,2-5H3,(H,30,31,32). The van der Waals surface area contributed by atoms with Crippen LogP contribution in [0.4, 0.5) is 17.3 Å². The van der Waals surface area contributed by atoms with Crippen molar-refractivity contribution < 1.29 is 0 Å². The molecule has 1 fully saturated rings. The summed E-state index contributed by atoms with van der Waals surface area (Å²) in [5, 5.41) is 9.38. The molecule has 1 aromatic carbocycles. The molecular formula is C29H34N10O2. The van der Waals surface area contributed by atoms with E-state index in [-0.39, 0.29) is 23.7 Å². The zero-order valence-electron chi connectivity index (χ0n) is 23.8. The lowest BCUT2D eigenvalue weighted by molar-refractivity contribution is 0.313. The number of anilines is 3. The Morgan fingerprint density at radius 2 is 1.83 bits per heavy atom. The lowest BCUT2D eigenvalue weighted by atomic mass is 10.2. The second-order valence-corrected chi connectivity index (χ2v) is 10.8. The highest BCUT2D eigenvalue weighted by atomic mass is 16.1. The molecule has 4 aromatic heterocycles. The number of fused-ring (bicyclic) bond motifs is 2. The van der Waals surface area contributed by atoms with Crippen LogP contribution in [0.15, 0.2) is 65.0 Å². The maximum Gasteiger partial charge on any atom is 0.278 e. The first-order valence-electron chi connectivity index (χ1n) is 13.7. The average molecular weight is 555 g/mol. The molecule has 6 rings (SSSR count). The van der Waals surface area contributed by atoms with Gasteiger partial charge < -0.3 is 19.7 Å². The summed E-state index contributed by atoms with van der Waals surface area (Å²) in [7, 11) is 4.21. The zero-order chi connectivity index (χ0) is 28.8. The summed E-state index contributed by atoms with van der Waals surface area (Å²) < 4.78 is 6.63. The van der Waals surface area contributed by atoms with E-state index in [0.717, 1.165) is 37.4 Å². The maximum atomic E-state index is 13.3. The minimum absolute atomic E-state index is 0.153. The highest BCUT2D eigenvalue weighted by Gasteiger charge is 2.21. The molecule has 0 radical (unpaired) electrons. The summed E-state index contributed by atoms with van der Waals surface area (Å²) in [6, 6.07) is 9.11. The van der Waals surface area contributed by atoms with Gasteiger partial charge in [0.1, 0.15) is 5.39 Å². The highest BCUT2D eigenvalue weighted by molar-refractivity contribution is 5.95. The van der Waals surface area contributed by atoms with Gasteiger partial charge >= 0.3 is 0 Å². The van der Waals surface area contributed by atoms with Crippen LogP contribution in [0.3, 0.4) is 0 Å². The van der Waals surface area contributed by atoms with Crippen molar-refractivity contribution in [2.45, 2.75) is 26.4 Å². The molecule has 1 saturated heterocycles. The van der Waals surface area contributed by atoms with Crippen molar-refractivity contribution in [3.8, 4) is 5.82 Å². The third-order valence-corrected chi connectivity index (χ3v) is 7.56. The Labute approximate surface area is 236 Å². The van der Waals surface area contributed by atoms with Gasteiger partial charge in [-0.1, -0.05) is 6.08 Å². The fraction of sp³-hybridized carbons (Fsp3) is 0.345. The third-order valence-electron chi connectivity index (χ3n) is 7.56. The molecule has 0 atom stereocenters. The number of aromatic nitrogens is 7. The molecule has 12 heteroatoms. The third kappa shape index (κ3) is 4.69. The van der Waals surface area contributed by atoms with E-state index in [4.69, 9.17) is 4.98 Å². The molecule has 0 unspecified atom stereocenters. The normalized spacial score (nSPS) is 14.4. The summed E-state index contributed by atoms with van der Waals surface area (Å²) in [5.74, 6) is 0.741. The smallest absolute Gasteiger partial charge is 0.278 e. The van der Waals surface area contributed by atoms with Gasteiger partial charge in [-0.3, -0.25) is 9.59 Å². The summed E-state index contributed by atoms with van der Waals surface area (Å²) in [4.78, 5) is 39.6. The van der Waals surface area contributed by atoms with Gasteiger partial charge in [-0.05, 0) is 45.2 Å². The monoisotopic (exact) mass is 554 g/mol. The number of nitrogens with zero attached hydrogens (tertiary/aromatic N) is 9. The van der Waals surface area contributed by atoms with E-state index in [1.807, 2.05) is 19.9 Å². The number of hydrogen-bond acceptors (Lipinski definition) is 8. The molecule has 0 bridgehead atoms. The zero-order valence-corrected chi connectivity index (χ0v) is 23.8. The Balaban J connectivity index is 1.40. The first-order chi connectivity index (χ1) is 19.7. The second kappa shape index (κ2) is 10.4. The van der Waals surface area contributed by atoms with Crippen LogP contribution in [0.1, 0.15) is 19.9 Å². The van der Waals surface area contributed by atoms with Crippen molar-refractivity contribution in [2.75, 3.05) is 43.4 Å². The van der Waals surface area contributed by atoms with Crippen molar-refractivity contribution in [3.63, 3.8) is 0 Å². The van der Waals surface area contributed by atoms with Crippen LogP contribution in [-0.4, -0.2) is 71.8 Å². The molecule has 12 nitrogen and oxygen atoms in total. The minimum atomic E-state index is -0.266. The number of benzene rings is 1. The SMILES string of the molecule is C=CCn1c(=O)c2cnc(Nc3ccc4c(N5CCN(C)CC5)cn(C)c4c3)nc2n1-c1ccc(=O)n(C(C)C)n1. The fourth-order valence-corrected chi connectivity index (χ4v) is 5.38. The van der Waals surface area contributed by atoms with E-state index in [1.54, 1.807) is 16.8 Å². The molecule has 41 heavy (non-hydrogen) atoms. The minimum Gasteiger partial charge on any atom is -0.367 e. The van der Waals surface area contributed by atoms with Crippen LogP contribution >= 0.6 is 0 Å². The maximum absolute atomic E-state index is 13.3. The molecule has 0 spiro atoms. The Hall–Kier alpha value is -4.71. The van der Waals surface area contributed by atoms with Gasteiger partial charge in [-0.25, -0.2) is 19.0 Å². The Morgan fingerprint density at radius 3 is 2.56 bits per heavy atom. The van der Waals surface area contributed by atoms with Gasteiger partial charge in [0.05, 0.1) is 23.8 Å². The van der Waals surface area contributed by atoms with Crippen molar-refractivity contribution in [1.29, 1.82) is 0 Å². The largest absolute Gasteiger partial charge is 0.367 e. The van der Waals surface area contributed by atoms with Crippen molar-refractivity contribution in [1.82, 2.24) is 38.6 Å². The number of allylic oxidation sites excluding steroid dienone is 1. The first-order valence-corrected chi connectivity index (χ1v) is 13.7. The van der Waals surface area contributed by atoms with Crippen molar-refractivity contribution >= 4 is 39.3 Å². The van der Waals surface area contributed by atoms with E-state index in [1.165, 1.54) is 32.7 Å². The molecule has 1 N–H and O–H groups in total. The molecular weight excluding hydrogens is 520 g/mol. The predicted molar refractivity (Wildman–Crippen MR) is 162 cm³/mol. The Morgan fingerprint density at radius 1 is 1.05 bits per heavy atom. The average Bonchev–Trinajstić information content (AvgIpc) is 3.42. The summed E-state index contributed by atoms with van der Waals surface area (Å²) >= 11 is 0. The lowest BCUT2D eigenvalue weighted by Gasteiger charge is -2.33. The van der Waals surface area contributed by atoms with Gasteiger partial charge in [0.25, 0.3) is 11.1 Å². The molecule has 1 aliphatic rings. The van der Waals surface area contributed by atoms with E-state index in [0.29, 0.717) is 22.8 Å². The van der Waals surface area contributed by atoms with Gasteiger partial charge in [0.15, 0.2) is 11.5 Å². The number of piperazine rings is 1. The van der Waals surface area contributed by atoms with Crippen LogP contribution in [-0.2, 0) is 13.6 Å². The molecule has 5 heterocycles. The fourth-order valence-electron chi connectivity index (χ4n) is 5.38. The van der Waals surface area contributed by atoms with E-state index in [2.05, 4.69) is 68.8 Å². The molecule has 0 amide bonds. The van der Waals surface area contributed by atoms with E-state index >= 15 is 0 Å². The lowest BCUT2D eigenvalue weighted by Crippen LogP contribution is -2.44. The van der Waals surface area contributed by atoms with Crippen LogP contribution in [0, 0.1) is 0 Å². The number of aryl methyl sites for hydroxylation is 1. The van der Waals surface area contributed by atoms with Gasteiger partial charge in [0.2, 0.25) is 5.95 Å². The molecule has 0 saturated carbocycles. The van der Waals surface area contributed by atoms with Crippen LogP contribution in [0.25, 0.3) is 27.8 Å². The number of nitrogens with one attached hydrogen (secondary N) is 1. The number of hydrogen-bond donors (Lipinski definition) is 1. The van der Waals surface area contributed by atoms with E-state index in [9.17, 15) is 9.59 Å². The van der Waals surface area contributed by atoms with Crippen molar-refractivity contribution in [3.05, 3.63) is 76.1 Å². The van der Waals surface area contributed by atoms with Crippen LogP contribution in [0.5, 0.6) is 0 Å². The van der Waals surface area contributed by atoms with Crippen LogP contribution < -0.4 is 21.3 Å². The summed E-state index contributed by atoms with van der Waals surface area (Å²) in [6.45, 7) is 11.9. The summed E-state index contributed by atoms with van der Waals surface area (Å²) in [5.41, 5.74) is 3.06. The molecule has 5 aromatic rings. The van der Waals surface area contributed by atoms with Gasteiger partial charge in [-0.2, -0.15) is 4.98 Å². The molecule has 0 aliphatic carbocycles. The first kappa shape index (κ1) is 26.5. The number of rotatable bonds is 7. The second-order valence-electron chi connectivity index (χ2n) is 10.8. The summed E-state index contributed by atoms with van der Waals surface area (Å²) in [6.07, 6.45) is 5.34. The quantitative estimate of drug-likeness (QED) is 0.306. The number of likely N-dealkylation sites (N-methyl/N-ethyl adjacent to an activating group) is 1.